The van der Waals surface area contributed by atoms with Gasteiger partial charge in [0.05, 0.1) is 30.2 Å². The van der Waals surface area contributed by atoms with Gasteiger partial charge in [0.15, 0.2) is 0 Å². The average molecular weight is 360 g/mol. The number of anilines is 1. The molecule has 1 amide bonds. The topological polar surface area (TPSA) is 77.6 Å². The molecule has 27 heavy (non-hydrogen) atoms. The number of nitrogens with zero attached hydrogens (tertiary/aromatic N) is 5. The zero-order chi connectivity index (χ0) is 19.0. The monoisotopic (exact) mass is 360 g/mol. The Hall–Kier alpha value is -3.48. The molecule has 0 aliphatic carbocycles. The number of para-hydroxylation sites is 1. The van der Waals surface area contributed by atoms with Crippen molar-refractivity contribution in [1.29, 1.82) is 0 Å². The summed E-state index contributed by atoms with van der Waals surface area (Å²) in [5.41, 5.74) is 4.53. The molecule has 0 saturated carbocycles. The summed E-state index contributed by atoms with van der Waals surface area (Å²) in [4.78, 5) is 21.1. The van der Waals surface area contributed by atoms with Crippen LogP contribution in [0.3, 0.4) is 0 Å². The normalized spacial score (nSPS) is 11.1. The van der Waals surface area contributed by atoms with Crippen molar-refractivity contribution in [2.24, 2.45) is 7.05 Å². The largest absolute Gasteiger partial charge is 0.350 e. The highest BCUT2D eigenvalue weighted by Crippen LogP contribution is 2.21. The molecule has 0 aliphatic heterocycles. The van der Waals surface area contributed by atoms with E-state index < -0.39 is 0 Å². The molecular weight excluding hydrogens is 340 g/mol. The van der Waals surface area contributed by atoms with Crippen LogP contribution in [0.15, 0.2) is 48.9 Å². The molecule has 4 aromatic rings. The minimum absolute atomic E-state index is 0.103. The maximum atomic E-state index is 12.5. The smallest absolute Gasteiger partial charge is 0.250 e. The van der Waals surface area contributed by atoms with Crippen LogP contribution in [-0.4, -0.2) is 30.2 Å². The van der Waals surface area contributed by atoms with Crippen LogP contribution >= 0.6 is 0 Å². The Morgan fingerprint density at radius 1 is 1.15 bits per heavy atom. The van der Waals surface area contributed by atoms with Gasteiger partial charge in [0.25, 0.3) is 5.95 Å². The Bertz CT molecular complexity index is 1120. The number of carbonyl (C=O) groups is 1. The minimum Gasteiger partial charge on any atom is -0.350 e. The lowest BCUT2D eigenvalue weighted by molar-refractivity contribution is -0.115. The van der Waals surface area contributed by atoms with Crippen LogP contribution in [0.5, 0.6) is 0 Å². The predicted octanol–water partition coefficient (Wildman–Crippen LogP) is 2.95. The number of hydrogen-bond acceptors (Lipinski definition) is 4. The number of amides is 1. The molecule has 1 N–H and O–H groups in total. The molecule has 1 aromatic carbocycles. The molecule has 4 rings (SSSR count). The van der Waals surface area contributed by atoms with Crippen molar-refractivity contribution in [2.75, 3.05) is 5.32 Å². The van der Waals surface area contributed by atoms with E-state index in [9.17, 15) is 4.79 Å². The molecule has 0 radical (unpaired) electrons. The van der Waals surface area contributed by atoms with Crippen LogP contribution in [0, 0.1) is 13.8 Å². The quantitative estimate of drug-likeness (QED) is 0.607. The lowest BCUT2D eigenvalue weighted by Gasteiger charge is -2.06. The minimum atomic E-state index is -0.103. The second-order valence-electron chi connectivity index (χ2n) is 6.62. The number of carbonyl (C=O) groups excluding carboxylic acids is 1. The lowest BCUT2D eigenvalue weighted by atomic mass is 10.1. The number of rotatable bonds is 4. The first-order valence-electron chi connectivity index (χ1n) is 8.70. The predicted molar refractivity (Wildman–Crippen MR) is 104 cm³/mol. The molecule has 3 heterocycles. The molecule has 0 atom stereocenters. The van der Waals surface area contributed by atoms with Gasteiger partial charge < -0.3 is 9.88 Å². The SMILES string of the molecule is Cc1cc(C)n(-c2ncc(NC(=O)Cc3cn(C)c4ccccc34)cn2)n1. The molecule has 0 spiro atoms. The third kappa shape index (κ3) is 3.31. The van der Waals surface area contributed by atoms with E-state index >= 15 is 0 Å². The number of aryl methyl sites for hydroxylation is 3. The van der Waals surface area contributed by atoms with Gasteiger partial charge in [-0.15, -0.1) is 0 Å². The first-order chi connectivity index (χ1) is 13.0. The van der Waals surface area contributed by atoms with Crippen molar-refractivity contribution in [1.82, 2.24) is 24.3 Å². The number of benzene rings is 1. The molecule has 0 saturated heterocycles. The number of fused-ring (bicyclic) bond motifs is 1. The molecule has 0 bridgehead atoms. The maximum absolute atomic E-state index is 12.5. The second-order valence-corrected chi connectivity index (χ2v) is 6.62. The van der Waals surface area contributed by atoms with Crippen LogP contribution in [0.1, 0.15) is 17.0 Å². The Morgan fingerprint density at radius 3 is 2.59 bits per heavy atom. The van der Waals surface area contributed by atoms with E-state index in [1.54, 1.807) is 17.1 Å². The van der Waals surface area contributed by atoms with Crippen molar-refractivity contribution in [3.63, 3.8) is 0 Å². The summed E-state index contributed by atoms with van der Waals surface area (Å²) in [6.07, 6.45) is 5.48. The first kappa shape index (κ1) is 17.0. The van der Waals surface area contributed by atoms with E-state index in [1.165, 1.54) is 0 Å². The zero-order valence-corrected chi connectivity index (χ0v) is 15.5. The Kier molecular flexibility index (Phi) is 4.19. The third-order valence-corrected chi connectivity index (χ3v) is 4.45. The van der Waals surface area contributed by atoms with Crippen molar-refractivity contribution < 1.29 is 4.79 Å². The molecule has 0 fully saturated rings. The van der Waals surface area contributed by atoms with Crippen molar-refractivity contribution >= 4 is 22.5 Å². The van der Waals surface area contributed by atoms with E-state index in [1.807, 2.05) is 62.0 Å². The summed E-state index contributed by atoms with van der Waals surface area (Å²) in [5.74, 6) is 0.376. The number of aromatic nitrogens is 5. The summed E-state index contributed by atoms with van der Waals surface area (Å²) in [6.45, 7) is 3.87. The van der Waals surface area contributed by atoms with E-state index in [-0.39, 0.29) is 5.91 Å². The van der Waals surface area contributed by atoms with Gasteiger partial charge in [-0.1, -0.05) is 18.2 Å². The molecule has 7 heteroatoms. The van der Waals surface area contributed by atoms with E-state index in [2.05, 4.69) is 20.4 Å². The van der Waals surface area contributed by atoms with Gasteiger partial charge in [0, 0.05) is 29.8 Å². The van der Waals surface area contributed by atoms with Crippen LogP contribution in [0.25, 0.3) is 16.9 Å². The molecular formula is C20H20N6O. The molecule has 0 aliphatic rings. The molecule has 3 aromatic heterocycles. The van der Waals surface area contributed by atoms with Crippen LogP contribution < -0.4 is 5.32 Å². The van der Waals surface area contributed by atoms with Gasteiger partial charge in [-0.05, 0) is 31.5 Å². The lowest BCUT2D eigenvalue weighted by Crippen LogP contribution is -2.15. The van der Waals surface area contributed by atoms with Gasteiger partial charge in [-0.25, -0.2) is 14.6 Å². The fourth-order valence-electron chi connectivity index (χ4n) is 3.27. The highest BCUT2D eigenvalue weighted by atomic mass is 16.1. The third-order valence-electron chi connectivity index (χ3n) is 4.45. The fourth-order valence-corrected chi connectivity index (χ4v) is 3.27. The Morgan fingerprint density at radius 2 is 1.89 bits per heavy atom. The van der Waals surface area contributed by atoms with Gasteiger partial charge in [0.2, 0.25) is 5.91 Å². The molecule has 136 valence electrons. The summed E-state index contributed by atoms with van der Waals surface area (Å²) in [5, 5.41) is 8.31. The maximum Gasteiger partial charge on any atom is 0.250 e. The van der Waals surface area contributed by atoms with Gasteiger partial charge in [-0.2, -0.15) is 5.10 Å². The zero-order valence-electron chi connectivity index (χ0n) is 15.5. The van der Waals surface area contributed by atoms with Gasteiger partial charge >= 0.3 is 0 Å². The summed E-state index contributed by atoms with van der Waals surface area (Å²) in [6, 6.07) is 10.0. The van der Waals surface area contributed by atoms with Crippen LogP contribution in [0.2, 0.25) is 0 Å². The standard InChI is InChI=1S/C20H20N6O/c1-13-8-14(2)26(24-13)20-21-10-16(11-22-20)23-19(27)9-15-12-25(3)18-7-5-4-6-17(15)18/h4-8,10-12H,9H2,1-3H3,(H,23,27). The summed E-state index contributed by atoms with van der Waals surface area (Å²) in [7, 11) is 1.98. The highest BCUT2D eigenvalue weighted by molar-refractivity contribution is 5.95. The first-order valence-corrected chi connectivity index (χ1v) is 8.70. The number of nitrogens with one attached hydrogen (secondary N) is 1. The van der Waals surface area contributed by atoms with Gasteiger partial charge in [-0.3, -0.25) is 4.79 Å². The second kappa shape index (κ2) is 6.68. The summed E-state index contributed by atoms with van der Waals surface area (Å²) < 4.78 is 3.71. The van der Waals surface area contributed by atoms with Crippen molar-refractivity contribution in [2.45, 2.75) is 20.3 Å². The Balaban J connectivity index is 1.49. The number of hydrogen-bond donors (Lipinski definition) is 1. The van der Waals surface area contributed by atoms with Gasteiger partial charge in [0.1, 0.15) is 0 Å². The highest BCUT2D eigenvalue weighted by Gasteiger charge is 2.12. The van der Waals surface area contributed by atoms with Crippen LogP contribution in [0.4, 0.5) is 5.69 Å². The fraction of sp³-hybridized carbons (Fsp3) is 0.200. The Labute approximate surface area is 156 Å². The molecule has 0 unspecified atom stereocenters. The van der Waals surface area contributed by atoms with Crippen LogP contribution in [-0.2, 0) is 18.3 Å². The van der Waals surface area contributed by atoms with Crippen molar-refractivity contribution in [3.05, 3.63) is 65.9 Å². The van der Waals surface area contributed by atoms with E-state index in [4.69, 9.17) is 0 Å². The molecule has 7 nitrogen and oxygen atoms in total. The van der Waals surface area contributed by atoms with Crippen molar-refractivity contribution in [3.8, 4) is 5.95 Å². The van der Waals surface area contributed by atoms with E-state index in [0.717, 1.165) is 27.9 Å². The average Bonchev–Trinajstić information content (AvgIpc) is 3.15. The van der Waals surface area contributed by atoms with E-state index in [0.29, 0.717) is 18.1 Å². The summed E-state index contributed by atoms with van der Waals surface area (Å²) >= 11 is 0.